The number of hydrogen-bond acceptors (Lipinski definition) is 5. The van der Waals surface area contributed by atoms with Crippen molar-refractivity contribution in [3.63, 3.8) is 0 Å². The second-order valence-electron chi connectivity index (χ2n) is 8.03. The number of piperidine rings is 1. The fourth-order valence-corrected chi connectivity index (χ4v) is 4.38. The zero-order valence-corrected chi connectivity index (χ0v) is 17.7. The molecular weight excluding hydrogens is 392 g/mol. The van der Waals surface area contributed by atoms with Crippen LogP contribution in [-0.2, 0) is 9.59 Å². The van der Waals surface area contributed by atoms with Crippen LogP contribution in [0.4, 0.5) is 0 Å². The quantitative estimate of drug-likeness (QED) is 0.778. The summed E-state index contributed by atoms with van der Waals surface area (Å²) in [5.74, 6) is 0.274. The first-order chi connectivity index (χ1) is 15.1. The molecule has 31 heavy (non-hydrogen) atoms. The van der Waals surface area contributed by atoms with Gasteiger partial charge in [0, 0.05) is 6.42 Å². The largest absolute Gasteiger partial charge is 0.497 e. The Morgan fingerprint density at radius 1 is 1.10 bits per heavy atom. The molecule has 0 saturated carbocycles. The molecule has 7 heteroatoms. The number of nitrogens with zero attached hydrogens (tertiary/aromatic N) is 3. The maximum absolute atomic E-state index is 13.4. The molecule has 0 radical (unpaired) electrons. The van der Waals surface area contributed by atoms with Crippen LogP contribution in [0.3, 0.4) is 0 Å². The molecule has 1 saturated heterocycles. The molecule has 2 atom stereocenters. The van der Waals surface area contributed by atoms with Gasteiger partial charge in [0.05, 0.1) is 31.4 Å². The van der Waals surface area contributed by atoms with Gasteiger partial charge in [0.2, 0.25) is 5.91 Å². The summed E-state index contributed by atoms with van der Waals surface area (Å²) in [6, 6.07) is 17.0. The molecule has 2 N–H and O–H groups in total. The summed E-state index contributed by atoms with van der Waals surface area (Å²) in [7, 11) is 1.63. The van der Waals surface area contributed by atoms with Crippen LogP contribution >= 0.6 is 0 Å². The van der Waals surface area contributed by atoms with Gasteiger partial charge >= 0.3 is 0 Å². The third-order valence-electron chi connectivity index (χ3n) is 6.05. The Morgan fingerprint density at radius 3 is 2.52 bits per heavy atom. The van der Waals surface area contributed by atoms with Crippen LogP contribution in [0.5, 0.6) is 5.75 Å². The van der Waals surface area contributed by atoms with Crippen LogP contribution < -0.4 is 10.5 Å². The summed E-state index contributed by atoms with van der Waals surface area (Å²) >= 11 is 0. The third kappa shape index (κ3) is 4.61. The molecule has 2 heterocycles. The number of primary amides is 1. The Morgan fingerprint density at radius 2 is 1.84 bits per heavy atom. The highest BCUT2D eigenvalue weighted by Gasteiger charge is 2.36. The van der Waals surface area contributed by atoms with E-state index in [-0.39, 0.29) is 24.4 Å². The second kappa shape index (κ2) is 9.31. The van der Waals surface area contributed by atoms with Crippen molar-refractivity contribution in [1.82, 2.24) is 9.91 Å². The Bertz CT molecular complexity index is 959. The molecule has 2 aliphatic heterocycles. The van der Waals surface area contributed by atoms with Crippen LogP contribution in [0, 0.1) is 0 Å². The number of hydrazone groups is 1. The number of ether oxygens (including phenoxy) is 1. The predicted molar refractivity (Wildman–Crippen MR) is 119 cm³/mol. The van der Waals surface area contributed by atoms with Crippen LogP contribution in [0.2, 0.25) is 0 Å². The van der Waals surface area contributed by atoms with Crippen molar-refractivity contribution in [1.29, 1.82) is 0 Å². The van der Waals surface area contributed by atoms with E-state index >= 15 is 0 Å². The minimum Gasteiger partial charge on any atom is -0.497 e. The van der Waals surface area contributed by atoms with Crippen molar-refractivity contribution >= 4 is 17.5 Å². The topological polar surface area (TPSA) is 88.2 Å². The van der Waals surface area contributed by atoms with Gasteiger partial charge in [-0.1, -0.05) is 48.9 Å². The van der Waals surface area contributed by atoms with Gasteiger partial charge in [-0.15, -0.1) is 0 Å². The van der Waals surface area contributed by atoms with Crippen molar-refractivity contribution < 1.29 is 14.3 Å². The summed E-state index contributed by atoms with van der Waals surface area (Å²) < 4.78 is 5.27. The zero-order valence-electron chi connectivity index (χ0n) is 17.7. The van der Waals surface area contributed by atoms with E-state index in [0.717, 1.165) is 35.4 Å². The number of hydrogen-bond donors (Lipinski definition) is 1. The fraction of sp³-hybridized carbons (Fsp3) is 0.375. The maximum Gasteiger partial charge on any atom is 0.257 e. The third-order valence-corrected chi connectivity index (χ3v) is 6.05. The number of rotatable bonds is 6. The Hall–Kier alpha value is -3.19. The number of methoxy groups -OCH3 is 1. The van der Waals surface area contributed by atoms with E-state index in [1.165, 1.54) is 0 Å². The molecule has 2 amide bonds. The van der Waals surface area contributed by atoms with E-state index in [1.807, 2.05) is 59.5 Å². The van der Waals surface area contributed by atoms with Gasteiger partial charge in [-0.3, -0.25) is 14.5 Å². The summed E-state index contributed by atoms with van der Waals surface area (Å²) in [6.45, 7) is 0.821. The number of likely N-dealkylation sites (tertiary alicyclic amines) is 1. The Labute approximate surface area is 182 Å². The highest BCUT2D eigenvalue weighted by Crippen LogP contribution is 2.34. The van der Waals surface area contributed by atoms with Gasteiger partial charge in [-0.05, 0) is 42.6 Å². The number of carbonyl (C=O) groups excluding carboxylic acids is 2. The highest BCUT2D eigenvalue weighted by atomic mass is 16.5. The number of nitrogens with two attached hydrogens (primary N) is 1. The molecule has 2 aliphatic rings. The van der Waals surface area contributed by atoms with Crippen molar-refractivity contribution in [3.8, 4) is 5.75 Å². The first-order valence-electron chi connectivity index (χ1n) is 10.7. The fourth-order valence-electron chi connectivity index (χ4n) is 4.38. The van der Waals surface area contributed by atoms with E-state index in [2.05, 4.69) is 0 Å². The van der Waals surface area contributed by atoms with E-state index in [4.69, 9.17) is 15.6 Å². The minimum absolute atomic E-state index is 0.125. The molecule has 0 spiro atoms. The highest BCUT2D eigenvalue weighted by molar-refractivity contribution is 6.03. The van der Waals surface area contributed by atoms with Crippen molar-refractivity contribution in [2.45, 2.75) is 37.8 Å². The van der Waals surface area contributed by atoms with Gasteiger partial charge in [0.25, 0.3) is 5.91 Å². The molecule has 7 nitrogen and oxygen atoms in total. The molecule has 2 aromatic rings. The maximum atomic E-state index is 13.4. The van der Waals surface area contributed by atoms with Crippen molar-refractivity contribution in [3.05, 3.63) is 65.7 Å². The smallest absolute Gasteiger partial charge is 0.257 e. The average Bonchev–Trinajstić information content (AvgIpc) is 3.26. The summed E-state index contributed by atoms with van der Waals surface area (Å²) in [6.07, 6.45) is 3.23. The standard InChI is InChI=1S/C24H28N4O3/c1-31-19-12-10-18(11-13-19)22-15-20(17-7-3-2-4-8-17)26-28(22)23(29)16-27-14-6-5-9-21(27)24(25)30/h2-4,7-8,10-13,21-22H,5-6,9,14-16H2,1H3,(H2,25,30)/t21-,22+/m1/s1. The summed E-state index contributed by atoms with van der Waals surface area (Å²) in [4.78, 5) is 27.1. The lowest BCUT2D eigenvalue weighted by Gasteiger charge is -2.34. The molecule has 0 unspecified atom stereocenters. The first-order valence-corrected chi connectivity index (χ1v) is 10.7. The van der Waals surface area contributed by atoms with Crippen LogP contribution in [0.1, 0.15) is 42.9 Å². The predicted octanol–water partition coefficient (Wildman–Crippen LogP) is 2.71. The van der Waals surface area contributed by atoms with Gasteiger partial charge in [0.15, 0.2) is 0 Å². The Balaban J connectivity index is 1.60. The van der Waals surface area contributed by atoms with Crippen molar-refractivity contribution in [2.24, 2.45) is 10.8 Å². The van der Waals surface area contributed by atoms with Crippen LogP contribution in [0.25, 0.3) is 0 Å². The Kier molecular flexibility index (Phi) is 6.32. The molecule has 0 aliphatic carbocycles. The van der Waals surface area contributed by atoms with E-state index in [1.54, 1.807) is 12.1 Å². The molecule has 0 bridgehead atoms. The summed E-state index contributed by atoms with van der Waals surface area (Å²) in [5, 5.41) is 6.30. The number of carbonyl (C=O) groups is 2. The van der Waals surface area contributed by atoms with Gasteiger partial charge < -0.3 is 10.5 Å². The molecule has 1 fully saturated rings. The SMILES string of the molecule is COc1ccc([C@@H]2CC(c3ccccc3)=NN2C(=O)CN2CCCC[C@@H]2C(N)=O)cc1. The molecular formula is C24H28N4O3. The molecule has 0 aromatic heterocycles. The van der Waals surface area contributed by atoms with Crippen molar-refractivity contribution in [2.75, 3.05) is 20.2 Å². The van der Waals surface area contributed by atoms with Gasteiger partial charge in [0.1, 0.15) is 5.75 Å². The monoisotopic (exact) mass is 420 g/mol. The van der Waals surface area contributed by atoms with Gasteiger partial charge in [-0.2, -0.15) is 5.10 Å². The lowest BCUT2D eigenvalue weighted by molar-refractivity contribution is -0.136. The lowest BCUT2D eigenvalue weighted by atomic mass is 9.98. The van der Waals surface area contributed by atoms with Crippen LogP contribution in [0.15, 0.2) is 59.7 Å². The average molecular weight is 421 g/mol. The molecule has 2 aromatic carbocycles. The lowest BCUT2D eigenvalue weighted by Crippen LogP contribution is -2.51. The zero-order chi connectivity index (χ0) is 21.8. The first kappa shape index (κ1) is 21.1. The summed E-state index contributed by atoms with van der Waals surface area (Å²) in [5.41, 5.74) is 8.46. The van der Waals surface area contributed by atoms with E-state index in [0.29, 0.717) is 19.4 Å². The van der Waals surface area contributed by atoms with E-state index in [9.17, 15) is 9.59 Å². The van der Waals surface area contributed by atoms with Gasteiger partial charge in [-0.25, -0.2) is 5.01 Å². The molecule has 162 valence electrons. The number of benzene rings is 2. The van der Waals surface area contributed by atoms with E-state index < -0.39 is 6.04 Å². The normalized spacial score (nSPS) is 21.6. The van der Waals surface area contributed by atoms with Crippen LogP contribution in [-0.4, -0.2) is 53.7 Å². The number of amides is 2. The minimum atomic E-state index is -0.391. The molecule has 4 rings (SSSR count). The second-order valence-corrected chi connectivity index (χ2v) is 8.03.